The zero-order valence-corrected chi connectivity index (χ0v) is 14.8. The molecule has 1 aliphatic rings. The lowest BCUT2D eigenvalue weighted by atomic mass is 10.2. The van der Waals surface area contributed by atoms with E-state index >= 15 is 0 Å². The molecule has 2 aromatic rings. The molecule has 0 fully saturated rings. The van der Waals surface area contributed by atoms with Crippen LogP contribution in [-0.2, 0) is 26.4 Å². The average Bonchev–Trinajstić information content (AvgIpc) is 2.93. The molecule has 132 valence electrons. The Bertz CT molecular complexity index is 1000. The van der Waals surface area contributed by atoms with Crippen LogP contribution in [0.4, 0.5) is 4.39 Å². The molecule has 0 radical (unpaired) electrons. The Hall–Kier alpha value is -2.03. The molecule has 5 nitrogen and oxygen atoms in total. The first-order valence-corrected chi connectivity index (χ1v) is 10.7. The molecule has 1 unspecified atom stereocenters. The molecule has 1 heterocycles. The van der Waals surface area contributed by atoms with E-state index < -0.39 is 36.6 Å². The molecular weight excluding hydrogens is 365 g/mol. The van der Waals surface area contributed by atoms with E-state index in [0.717, 1.165) is 15.8 Å². The first-order valence-electron chi connectivity index (χ1n) is 7.51. The first-order chi connectivity index (χ1) is 11.8. The molecule has 0 saturated carbocycles. The molecule has 0 saturated heterocycles. The Morgan fingerprint density at radius 2 is 1.68 bits per heavy atom. The summed E-state index contributed by atoms with van der Waals surface area (Å²) < 4.78 is 64.6. The number of hydrogen-bond acceptors (Lipinski definition) is 4. The Labute approximate surface area is 146 Å². The highest BCUT2D eigenvalue weighted by molar-refractivity contribution is 7.94. The van der Waals surface area contributed by atoms with Crippen LogP contribution in [0.2, 0.25) is 0 Å². The van der Waals surface area contributed by atoms with Gasteiger partial charge in [0.2, 0.25) is 10.0 Å². The van der Waals surface area contributed by atoms with Crippen LogP contribution in [0, 0.1) is 5.82 Å². The van der Waals surface area contributed by atoms with Gasteiger partial charge in [-0.2, -0.15) is 4.31 Å². The summed E-state index contributed by atoms with van der Waals surface area (Å²) in [6.45, 7) is -0.0535. The van der Waals surface area contributed by atoms with Crippen molar-refractivity contribution in [2.75, 3.05) is 5.75 Å². The maximum absolute atomic E-state index is 14.1. The minimum atomic E-state index is -4.22. The quantitative estimate of drug-likeness (QED) is 0.797. The molecule has 1 atom stereocenters. The third kappa shape index (κ3) is 3.81. The van der Waals surface area contributed by atoms with E-state index in [1.54, 1.807) is 30.3 Å². The summed E-state index contributed by atoms with van der Waals surface area (Å²) in [5, 5.41) is 1.01. The maximum Gasteiger partial charge on any atom is 0.246 e. The number of halogens is 1. The van der Waals surface area contributed by atoms with E-state index in [2.05, 4.69) is 0 Å². The van der Waals surface area contributed by atoms with Crippen molar-refractivity contribution in [1.29, 1.82) is 0 Å². The monoisotopic (exact) mass is 381 g/mol. The van der Waals surface area contributed by atoms with Crippen LogP contribution in [0.3, 0.4) is 0 Å². The fourth-order valence-corrected chi connectivity index (χ4v) is 5.69. The molecule has 0 spiro atoms. The van der Waals surface area contributed by atoms with Gasteiger partial charge in [0.25, 0.3) is 0 Å². The van der Waals surface area contributed by atoms with Gasteiger partial charge in [-0.3, -0.25) is 0 Å². The molecule has 0 aromatic heterocycles. The Morgan fingerprint density at radius 1 is 1.04 bits per heavy atom. The SMILES string of the molecule is O=S1(=O)C=CC(N(Cc2ccccc2)S(=O)(=O)c2ccccc2F)C1. The maximum atomic E-state index is 14.1. The molecule has 0 aliphatic carbocycles. The summed E-state index contributed by atoms with van der Waals surface area (Å²) in [4.78, 5) is -0.469. The first kappa shape index (κ1) is 17.8. The molecule has 8 heteroatoms. The van der Waals surface area contributed by atoms with E-state index in [-0.39, 0.29) is 12.3 Å². The van der Waals surface area contributed by atoms with Gasteiger partial charge in [0, 0.05) is 12.0 Å². The molecule has 1 aliphatic heterocycles. The van der Waals surface area contributed by atoms with Crippen LogP contribution in [0.15, 0.2) is 71.0 Å². The van der Waals surface area contributed by atoms with Crippen LogP contribution in [0.25, 0.3) is 0 Å². The molecule has 2 aromatic carbocycles. The Balaban J connectivity index is 2.05. The van der Waals surface area contributed by atoms with Gasteiger partial charge in [-0.25, -0.2) is 21.2 Å². The largest absolute Gasteiger partial charge is 0.246 e. The third-order valence-corrected chi connectivity index (χ3v) is 7.17. The highest BCUT2D eigenvalue weighted by atomic mass is 32.2. The lowest BCUT2D eigenvalue weighted by Gasteiger charge is -2.27. The summed E-state index contributed by atoms with van der Waals surface area (Å²) in [5.41, 5.74) is 0.681. The summed E-state index contributed by atoms with van der Waals surface area (Å²) in [7, 11) is -7.69. The van der Waals surface area contributed by atoms with Gasteiger partial charge >= 0.3 is 0 Å². The molecule has 0 N–H and O–H groups in total. The molecule has 3 rings (SSSR count). The van der Waals surface area contributed by atoms with Gasteiger partial charge < -0.3 is 0 Å². The van der Waals surface area contributed by atoms with Crippen LogP contribution in [-0.4, -0.2) is 32.9 Å². The number of sulfonamides is 1. The van der Waals surface area contributed by atoms with Crippen LogP contribution in [0.1, 0.15) is 5.56 Å². The third-order valence-electron chi connectivity index (χ3n) is 3.89. The van der Waals surface area contributed by atoms with Gasteiger partial charge in [0.1, 0.15) is 10.7 Å². The number of benzene rings is 2. The zero-order valence-electron chi connectivity index (χ0n) is 13.1. The normalized spacial score (nSPS) is 19.4. The highest BCUT2D eigenvalue weighted by Gasteiger charge is 2.36. The van der Waals surface area contributed by atoms with Crippen molar-refractivity contribution in [2.24, 2.45) is 0 Å². The topological polar surface area (TPSA) is 71.5 Å². The number of sulfone groups is 1. The van der Waals surface area contributed by atoms with Gasteiger partial charge in [-0.05, 0) is 17.7 Å². The van der Waals surface area contributed by atoms with Crippen molar-refractivity contribution in [2.45, 2.75) is 17.5 Å². The highest BCUT2D eigenvalue weighted by Crippen LogP contribution is 2.26. The summed E-state index contributed by atoms with van der Waals surface area (Å²) in [6.07, 6.45) is 1.33. The van der Waals surface area contributed by atoms with Gasteiger partial charge in [-0.1, -0.05) is 48.5 Å². The minimum absolute atomic E-state index is 0.0535. The average molecular weight is 381 g/mol. The van der Waals surface area contributed by atoms with Crippen LogP contribution < -0.4 is 0 Å². The van der Waals surface area contributed by atoms with E-state index in [1.807, 2.05) is 0 Å². The van der Waals surface area contributed by atoms with E-state index in [4.69, 9.17) is 0 Å². The van der Waals surface area contributed by atoms with Gasteiger partial charge in [0.15, 0.2) is 9.84 Å². The predicted molar refractivity (Wildman–Crippen MR) is 92.3 cm³/mol. The summed E-state index contributed by atoms with van der Waals surface area (Å²) in [5.74, 6) is -1.22. The smallest absolute Gasteiger partial charge is 0.224 e. The van der Waals surface area contributed by atoms with Crippen molar-refractivity contribution >= 4 is 19.9 Å². The Morgan fingerprint density at radius 3 is 2.28 bits per heavy atom. The van der Waals surface area contributed by atoms with Gasteiger partial charge in [0.05, 0.1) is 11.8 Å². The predicted octanol–water partition coefficient (Wildman–Crippen LogP) is 2.33. The molecule has 25 heavy (non-hydrogen) atoms. The number of nitrogens with zero attached hydrogens (tertiary/aromatic N) is 1. The second-order valence-electron chi connectivity index (χ2n) is 5.69. The Kier molecular flexibility index (Phi) is 4.77. The van der Waals surface area contributed by atoms with E-state index in [0.29, 0.717) is 5.56 Å². The standard InChI is InChI=1S/C17H16FNO4S2/c18-16-8-4-5-9-17(16)25(22,23)19(12-14-6-2-1-3-7-14)15-10-11-24(20,21)13-15/h1-11,15H,12-13H2. The lowest BCUT2D eigenvalue weighted by molar-refractivity contribution is 0.373. The van der Waals surface area contributed by atoms with Crippen LogP contribution >= 0.6 is 0 Å². The number of hydrogen-bond donors (Lipinski definition) is 0. The van der Waals surface area contributed by atoms with Gasteiger partial charge in [-0.15, -0.1) is 0 Å². The minimum Gasteiger partial charge on any atom is -0.224 e. The fourth-order valence-electron chi connectivity index (χ4n) is 2.66. The van der Waals surface area contributed by atoms with Crippen molar-refractivity contribution < 1.29 is 21.2 Å². The molecule has 0 bridgehead atoms. The number of rotatable bonds is 5. The fraction of sp³-hybridized carbons (Fsp3) is 0.176. The second-order valence-corrected chi connectivity index (χ2v) is 9.48. The van der Waals surface area contributed by atoms with Crippen molar-refractivity contribution in [3.63, 3.8) is 0 Å². The zero-order chi connectivity index (χ0) is 18.1. The van der Waals surface area contributed by atoms with E-state index in [1.165, 1.54) is 24.3 Å². The van der Waals surface area contributed by atoms with Crippen molar-refractivity contribution in [1.82, 2.24) is 4.31 Å². The molecule has 0 amide bonds. The van der Waals surface area contributed by atoms with Crippen LogP contribution in [0.5, 0.6) is 0 Å². The van der Waals surface area contributed by atoms with Crippen molar-refractivity contribution in [3.05, 3.63) is 77.5 Å². The second kappa shape index (κ2) is 6.70. The molecular formula is C17H16FNO4S2. The van der Waals surface area contributed by atoms with E-state index in [9.17, 15) is 21.2 Å². The summed E-state index contributed by atoms with van der Waals surface area (Å²) in [6, 6.07) is 13.0. The summed E-state index contributed by atoms with van der Waals surface area (Å²) >= 11 is 0. The lowest BCUT2D eigenvalue weighted by Crippen LogP contribution is -2.40. The van der Waals surface area contributed by atoms with Crippen molar-refractivity contribution in [3.8, 4) is 0 Å².